The van der Waals surface area contributed by atoms with Crippen LogP contribution in [0, 0.1) is 0 Å². The number of carbonyl (C=O) groups is 2. The Bertz CT molecular complexity index is 980. The Morgan fingerprint density at radius 2 is 1.83 bits per heavy atom. The van der Waals surface area contributed by atoms with Crippen LogP contribution in [0.15, 0.2) is 61.1 Å². The van der Waals surface area contributed by atoms with E-state index in [1.54, 1.807) is 38.5 Å². The molecule has 0 aliphatic carbocycles. The Kier molecular flexibility index (Phi) is 6.47. The highest BCUT2D eigenvalue weighted by atomic mass is 16.5. The molecule has 0 saturated carbocycles. The van der Waals surface area contributed by atoms with Gasteiger partial charge < -0.3 is 15.0 Å². The molecule has 0 aliphatic rings. The van der Waals surface area contributed by atoms with E-state index in [-0.39, 0.29) is 30.4 Å². The Morgan fingerprint density at radius 1 is 1.10 bits per heavy atom. The van der Waals surface area contributed by atoms with Gasteiger partial charge in [-0.1, -0.05) is 18.2 Å². The molecule has 3 aromatic rings. The molecule has 148 valence electrons. The summed E-state index contributed by atoms with van der Waals surface area (Å²) in [4.78, 5) is 39.0. The second-order valence-electron chi connectivity index (χ2n) is 6.05. The van der Waals surface area contributed by atoms with Crippen molar-refractivity contribution in [2.75, 3.05) is 30.4 Å². The summed E-state index contributed by atoms with van der Waals surface area (Å²) in [7, 11) is 1.69. The van der Waals surface area contributed by atoms with Crippen LogP contribution in [0.4, 0.5) is 11.5 Å². The second kappa shape index (κ2) is 9.41. The summed E-state index contributed by atoms with van der Waals surface area (Å²) < 4.78 is 5.07. The number of amides is 1. The summed E-state index contributed by atoms with van der Waals surface area (Å²) in [5.74, 6) is -0.0953. The van der Waals surface area contributed by atoms with Gasteiger partial charge in [0, 0.05) is 36.9 Å². The van der Waals surface area contributed by atoms with Crippen molar-refractivity contribution in [1.29, 1.82) is 0 Å². The van der Waals surface area contributed by atoms with E-state index in [0.29, 0.717) is 5.82 Å². The standard InChI is InChI=1S/C21H21N5O3/c1-3-29-21(28)17-13-23-19(15-9-11-22-12-10-15)25-20(17)24-14-18(27)26(2)16-7-5-4-6-8-16/h4-13H,3,14H2,1-2H3,(H,23,24,25). The molecule has 0 spiro atoms. The summed E-state index contributed by atoms with van der Waals surface area (Å²) in [6, 6.07) is 12.8. The van der Waals surface area contributed by atoms with Crippen LogP contribution in [0.3, 0.4) is 0 Å². The first-order chi connectivity index (χ1) is 14.1. The van der Waals surface area contributed by atoms with Crippen molar-refractivity contribution in [1.82, 2.24) is 15.0 Å². The maximum absolute atomic E-state index is 12.6. The number of pyridine rings is 1. The average Bonchev–Trinajstić information content (AvgIpc) is 2.78. The largest absolute Gasteiger partial charge is 0.462 e. The van der Waals surface area contributed by atoms with E-state index in [2.05, 4.69) is 20.3 Å². The zero-order valence-corrected chi connectivity index (χ0v) is 16.2. The van der Waals surface area contributed by atoms with E-state index in [9.17, 15) is 9.59 Å². The fourth-order valence-electron chi connectivity index (χ4n) is 2.59. The van der Waals surface area contributed by atoms with Gasteiger partial charge in [-0.05, 0) is 31.2 Å². The van der Waals surface area contributed by atoms with Gasteiger partial charge in [-0.3, -0.25) is 9.78 Å². The summed E-state index contributed by atoms with van der Waals surface area (Å²) in [5, 5.41) is 2.95. The molecule has 0 fully saturated rings. The van der Waals surface area contributed by atoms with Gasteiger partial charge >= 0.3 is 5.97 Å². The highest BCUT2D eigenvalue weighted by molar-refractivity contribution is 5.98. The highest BCUT2D eigenvalue weighted by Crippen LogP contribution is 2.20. The number of nitrogens with zero attached hydrogens (tertiary/aromatic N) is 4. The normalized spacial score (nSPS) is 10.3. The molecule has 0 atom stereocenters. The van der Waals surface area contributed by atoms with Crippen LogP contribution in [0.25, 0.3) is 11.4 Å². The van der Waals surface area contributed by atoms with Crippen molar-refractivity contribution in [3.8, 4) is 11.4 Å². The number of carbonyl (C=O) groups excluding carboxylic acids is 2. The maximum atomic E-state index is 12.6. The molecule has 8 heteroatoms. The van der Waals surface area contributed by atoms with E-state index < -0.39 is 5.97 Å². The lowest BCUT2D eigenvalue weighted by molar-refractivity contribution is -0.116. The third kappa shape index (κ3) is 4.92. The summed E-state index contributed by atoms with van der Waals surface area (Å²) >= 11 is 0. The second-order valence-corrected chi connectivity index (χ2v) is 6.05. The number of aromatic nitrogens is 3. The molecule has 0 saturated heterocycles. The molecule has 2 heterocycles. The lowest BCUT2D eigenvalue weighted by Crippen LogP contribution is -2.32. The Morgan fingerprint density at radius 3 is 2.52 bits per heavy atom. The third-order valence-corrected chi connectivity index (χ3v) is 4.15. The lowest BCUT2D eigenvalue weighted by Gasteiger charge is -2.18. The summed E-state index contributed by atoms with van der Waals surface area (Å²) in [5.41, 5.74) is 1.68. The van der Waals surface area contributed by atoms with Crippen LogP contribution >= 0.6 is 0 Å². The lowest BCUT2D eigenvalue weighted by atomic mass is 10.2. The van der Waals surface area contributed by atoms with Crippen molar-refractivity contribution in [3.05, 3.63) is 66.6 Å². The number of benzene rings is 1. The van der Waals surface area contributed by atoms with Crippen LogP contribution in [-0.2, 0) is 9.53 Å². The molecule has 3 rings (SSSR count). The minimum absolute atomic E-state index is 0.0510. The number of rotatable bonds is 7. The molecule has 2 aromatic heterocycles. The van der Waals surface area contributed by atoms with Crippen molar-refractivity contribution in [2.24, 2.45) is 0 Å². The number of ether oxygens (including phenoxy) is 1. The zero-order chi connectivity index (χ0) is 20.6. The van der Waals surface area contributed by atoms with Gasteiger partial charge in [-0.2, -0.15) is 0 Å². The Labute approximate surface area is 168 Å². The van der Waals surface area contributed by atoms with Crippen molar-refractivity contribution < 1.29 is 14.3 Å². The molecule has 0 aliphatic heterocycles. The van der Waals surface area contributed by atoms with E-state index >= 15 is 0 Å². The molecule has 1 amide bonds. The molecule has 1 N–H and O–H groups in total. The predicted molar refractivity (Wildman–Crippen MR) is 110 cm³/mol. The minimum Gasteiger partial charge on any atom is -0.462 e. The first-order valence-electron chi connectivity index (χ1n) is 9.10. The first kappa shape index (κ1) is 19.9. The van der Waals surface area contributed by atoms with E-state index in [1.165, 1.54) is 11.1 Å². The molecule has 0 unspecified atom stereocenters. The van der Waals surface area contributed by atoms with Gasteiger partial charge in [0.1, 0.15) is 11.4 Å². The molecular weight excluding hydrogens is 370 g/mol. The van der Waals surface area contributed by atoms with Crippen molar-refractivity contribution in [2.45, 2.75) is 6.92 Å². The quantitative estimate of drug-likeness (QED) is 0.619. The predicted octanol–water partition coefficient (Wildman–Crippen LogP) is 2.79. The smallest absolute Gasteiger partial charge is 0.343 e. The van der Waals surface area contributed by atoms with Gasteiger partial charge in [-0.25, -0.2) is 14.8 Å². The summed E-state index contributed by atoms with van der Waals surface area (Å²) in [6.45, 7) is 1.89. The van der Waals surface area contributed by atoms with Crippen LogP contribution in [0.5, 0.6) is 0 Å². The van der Waals surface area contributed by atoms with Gasteiger partial charge in [0.15, 0.2) is 5.82 Å². The molecule has 1 aromatic carbocycles. The maximum Gasteiger partial charge on any atom is 0.343 e. The van der Waals surface area contributed by atoms with Crippen molar-refractivity contribution in [3.63, 3.8) is 0 Å². The number of likely N-dealkylation sites (N-methyl/N-ethyl adjacent to an activating group) is 1. The zero-order valence-electron chi connectivity index (χ0n) is 16.2. The Balaban J connectivity index is 1.83. The molecule has 0 bridgehead atoms. The average molecular weight is 391 g/mol. The van der Waals surface area contributed by atoms with Crippen LogP contribution in [0.1, 0.15) is 17.3 Å². The van der Waals surface area contributed by atoms with Crippen LogP contribution in [0.2, 0.25) is 0 Å². The van der Waals surface area contributed by atoms with Gasteiger partial charge in [0.25, 0.3) is 0 Å². The monoisotopic (exact) mass is 391 g/mol. The fourth-order valence-corrected chi connectivity index (χ4v) is 2.59. The molecule has 8 nitrogen and oxygen atoms in total. The van der Waals surface area contributed by atoms with E-state index in [1.807, 2.05) is 30.3 Å². The van der Waals surface area contributed by atoms with Gasteiger partial charge in [0.2, 0.25) is 5.91 Å². The fraction of sp³-hybridized carbons (Fsp3) is 0.190. The van der Waals surface area contributed by atoms with Crippen LogP contribution < -0.4 is 10.2 Å². The number of esters is 1. The number of hydrogen-bond acceptors (Lipinski definition) is 7. The first-order valence-corrected chi connectivity index (χ1v) is 9.10. The van der Waals surface area contributed by atoms with Gasteiger partial charge in [0.05, 0.1) is 13.2 Å². The minimum atomic E-state index is -0.555. The third-order valence-electron chi connectivity index (χ3n) is 4.15. The number of para-hydroxylation sites is 1. The highest BCUT2D eigenvalue weighted by Gasteiger charge is 2.18. The molecule has 0 radical (unpaired) electrons. The number of hydrogen-bond donors (Lipinski definition) is 1. The number of anilines is 2. The SMILES string of the molecule is CCOC(=O)c1cnc(-c2ccncc2)nc1NCC(=O)N(C)c1ccccc1. The number of nitrogens with one attached hydrogen (secondary N) is 1. The topological polar surface area (TPSA) is 97.3 Å². The van der Waals surface area contributed by atoms with Gasteiger partial charge in [-0.15, -0.1) is 0 Å². The summed E-state index contributed by atoms with van der Waals surface area (Å²) in [6.07, 6.45) is 4.65. The van der Waals surface area contributed by atoms with Crippen LogP contribution in [-0.4, -0.2) is 47.0 Å². The van der Waals surface area contributed by atoms with E-state index in [4.69, 9.17) is 4.74 Å². The molecular formula is C21H21N5O3. The molecule has 29 heavy (non-hydrogen) atoms. The van der Waals surface area contributed by atoms with Crippen molar-refractivity contribution >= 4 is 23.4 Å². The van der Waals surface area contributed by atoms with E-state index in [0.717, 1.165) is 11.3 Å². The Hall–Kier alpha value is -3.81.